The van der Waals surface area contributed by atoms with Gasteiger partial charge in [0.15, 0.2) is 0 Å². The number of hydrogen-bond donors (Lipinski definition) is 1. The normalized spacial score (nSPS) is 18.6. The van der Waals surface area contributed by atoms with Crippen LogP contribution in [0.3, 0.4) is 0 Å². The molecule has 1 aliphatic rings. The van der Waals surface area contributed by atoms with Crippen molar-refractivity contribution in [3.63, 3.8) is 0 Å². The number of nitrogens with zero attached hydrogens (tertiary/aromatic N) is 1. The quantitative estimate of drug-likeness (QED) is 0.906. The largest absolute Gasteiger partial charge is 0.314 e. The first kappa shape index (κ1) is 12.2. The van der Waals surface area contributed by atoms with Gasteiger partial charge in [-0.1, -0.05) is 24.3 Å². The molecule has 3 rings (SSSR count). The Balaban J connectivity index is 1.78. The van der Waals surface area contributed by atoms with Crippen LogP contribution >= 0.6 is 0 Å². The van der Waals surface area contributed by atoms with Crippen LogP contribution in [-0.4, -0.2) is 12.6 Å². The highest BCUT2D eigenvalue weighted by atomic mass is 14.9. The molecule has 1 heterocycles. The van der Waals surface area contributed by atoms with Crippen LogP contribution in [0.25, 0.3) is 10.8 Å². The SMILES string of the molecule is N#Cc1ccc2ccc(CC[C@H]3CCCN3)cc2c1. The predicted molar refractivity (Wildman–Crippen MR) is 78.0 cm³/mol. The first-order valence-corrected chi connectivity index (χ1v) is 7.01. The number of benzene rings is 2. The minimum Gasteiger partial charge on any atom is -0.314 e. The van der Waals surface area contributed by atoms with Crippen LogP contribution in [0.15, 0.2) is 36.4 Å². The van der Waals surface area contributed by atoms with E-state index < -0.39 is 0 Å². The molecule has 0 aromatic heterocycles. The van der Waals surface area contributed by atoms with E-state index in [-0.39, 0.29) is 0 Å². The maximum Gasteiger partial charge on any atom is 0.0991 e. The number of nitriles is 1. The lowest BCUT2D eigenvalue weighted by molar-refractivity contribution is 0.559. The Hall–Kier alpha value is -1.85. The molecule has 0 spiro atoms. The van der Waals surface area contributed by atoms with Gasteiger partial charge in [0, 0.05) is 6.04 Å². The number of fused-ring (bicyclic) bond motifs is 1. The van der Waals surface area contributed by atoms with E-state index >= 15 is 0 Å². The van der Waals surface area contributed by atoms with Crippen LogP contribution in [0.4, 0.5) is 0 Å². The zero-order valence-electron chi connectivity index (χ0n) is 11.0. The first-order chi connectivity index (χ1) is 9.35. The van der Waals surface area contributed by atoms with E-state index in [1.807, 2.05) is 18.2 Å². The average Bonchev–Trinajstić information content (AvgIpc) is 2.97. The summed E-state index contributed by atoms with van der Waals surface area (Å²) < 4.78 is 0. The highest BCUT2D eigenvalue weighted by molar-refractivity contribution is 5.84. The van der Waals surface area contributed by atoms with Crippen LogP contribution in [0.2, 0.25) is 0 Å². The van der Waals surface area contributed by atoms with E-state index in [0.29, 0.717) is 6.04 Å². The van der Waals surface area contributed by atoms with Crippen molar-refractivity contribution in [2.45, 2.75) is 31.7 Å². The topological polar surface area (TPSA) is 35.8 Å². The smallest absolute Gasteiger partial charge is 0.0991 e. The zero-order valence-corrected chi connectivity index (χ0v) is 11.0. The molecular weight excluding hydrogens is 232 g/mol. The Morgan fingerprint density at radius 1 is 1.16 bits per heavy atom. The summed E-state index contributed by atoms with van der Waals surface area (Å²) >= 11 is 0. The van der Waals surface area contributed by atoms with Gasteiger partial charge in [0.1, 0.15) is 0 Å². The van der Waals surface area contributed by atoms with Crippen molar-refractivity contribution in [3.8, 4) is 6.07 Å². The molecule has 0 saturated carbocycles. The maximum absolute atomic E-state index is 8.96. The van der Waals surface area contributed by atoms with E-state index in [1.54, 1.807) is 0 Å². The van der Waals surface area contributed by atoms with Gasteiger partial charge in [-0.3, -0.25) is 0 Å². The fraction of sp³-hybridized carbons (Fsp3) is 0.353. The lowest BCUT2D eigenvalue weighted by Gasteiger charge is -2.10. The minimum absolute atomic E-state index is 0.695. The third kappa shape index (κ3) is 2.77. The molecule has 1 fully saturated rings. The summed E-state index contributed by atoms with van der Waals surface area (Å²) in [6.45, 7) is 1.17. The minimum atomic E-state index is 0.695. The fourth-order valence-electron chi connectivity index (χ4n) is 2.87. The van der Waals surface area contributed by atoms with Gasteiger partial charge < -0.3 is 5.32 Å². The van der Waals surface area contributed by atoms with Crippen LogP contribution in [0.5, 0.6) is 0 Å². The van der Waals surface area contributed by atoms with Crippen molar-refractivity contribution in [2.24, 2.45) is 0 Å². The number of rotatable bonds is 3. The van der Waals surface area contributed by atoms with Gasteiger partial charge in [0.25, 0.3) is 0 Å². The molecule has 19 heavy (non-hydrogen) atoms. The first-order valence-electron chi connectivity index (χ1n) is 7.01. The molecule has 2 nitrogen and oxygen atoms in total. The zero-order chi connectivity index (χ0) is 13.1. The molecule has 1 atom stereocenters. The molecule has 0 aliphatic carbocycles. The second-order valence-corrected chi connectivity index (χ2v) is 5.34. The highest BCUT2D eigenvalue weighted by Crippen LogP contribution is 2.20. The lowest BCUT2D eigenvalue weighted by Crippen LogP contribution is -2.21. The number of nitrogens with one attached hydrogen (secondary N) is 1. The third-order valence-electron chi connectivity index (χ3n) is 3.98. The Labute approximate surface area is 114 Å². The molecule has 0 unspecified atom stereocenters. The van der Waals surface area contributed by atoms with Gasteiger partial charge in [-0.05, 0) is 60.7 Å². The summed E-state index contributed by atoms with van der Waals surface area (Å²) in [7, 11) is 0. The molecule has 2 aromatic rings. The van der Waals surface area contributed by atoms with Crippen molar-refractivity contribution in [3.05, 3.63) is 47.5 Å². The van der Waals surface area contributed by atoms with Gasteiger partial charge >= 0.3 is 0 Å². The van der Waals surface area contributed by atoms with Crippen molar-refractivity contribution in [1.29, 1.82) is 5.26 Å². The van der Waals surface area contributed by atoms with Crippen LogP contribution < -0.4 is 5.32 Å². The van der Waals surface area contributed by atoms with Gasteiger partial charge in [0.05, 0.1) is 11.6 Å². The van der Waals surface area contributed by atoms with Crippen LogP contribution in [0, 0.1) is 11.3 Å². The fourth-order valence-corrected chi connectivity index (χ4v) is 2.87. The van der Waals surface area contributed by atoms with Crippen molar-refractivity contribution in [1.82, 2.24) is 5.32 Å². The average molecular weight is 250 g/mol. The molecule has 0 radical (unpaired) electrons. The summed E-state index contributed by atoms with van der Waals surface area (Å²) in [4.78, 5) is 0. The molecule has 0 bridgehead atoms. The number of hydrogen-bond acceptors (Lipinski definition) is 2. The Morgan fingerprint density at radius 3 is 2.84 bits per heavy atom. The Morgan fingerprint density at radius 2 is 2.05 bits per heavy atom. The summed E-state index contributed by atoms with van der Waals surface area (Å²) in [6, 6.07) is 15.4. The van der Waals surface area contributed by atoms with E-state index in [9.17, 15) is 0 Å². The summed E-state index contributed by atoms with van der Waals surface area (Å²) in [6.07, 6.45) is 4.95. The van der Waals surface area contributed by atoms with Crippen LogP contribution in [-0.2, 0) is 6.42 Å². The summed E-state index contributed by atoms with van der Waals surface area (Å²) in [5, 5.41) is 14.9. The molecule has 1 saturated heterocycles. The van der Waals surface area contributed by atoms with E-state index in [1.165, 1.54) is 42.1 Å². The third-order valence-corrected chi connectivity index (χ3v) is 3.98. The van der Waals surface area contributed by atoms with E-state index in [2.05, 4.69) is 29.6 Å². The second-order valence-electron chi connectivity index (χ2n) is 5.34. The standard InChI is InChI=1S/C17H18N2/c18-12-14-4-7-15-6-3-13(10-16(15)11-14)5-8-17-2-1-9-19-17/h3-4,6-7,10-11,17,19H,1-2,5,8-9H2/t17-/m1/s1. The monoisotopic (exact) mass is 250 g/mol. The van der Waals surface area contributed by atoms with E-state index in [4.69, 9.17) is 5.26 Å². The summed E-state index contributed by atoms with van der Waals surface area (Å²) in [5.74, 6) is 0. The molecule has 96 valence electrons. The van der Waals surface area contributed by atoms with Crippen molar-refractivity contribution in [2.75, 3.05) is 6.54 Å². The Kier molecular flexibility index (Phi) is 3.48. The Bertz CT molecular complexity index is 619. The predicted octanol–water partition coefficient (Wildman–Crippen LogP) is 3.40. The summed E-state index contributed by atoms with van der Waals surface area (Å²) in [5.41, 5.74) is 2.11. The molecule has 2 heteroatoms. The van der Waals surface area contributed by atoms with Gasteiger partial charge in [-0.25, -0.2) is 0 Å². The molecule has 1 aliphatic heterocycles. The maximum atomic E-state index is 8.96. The molecular formula is C17H18N2. The van der Waals surface area contributed by atoms with E-state index in [0.717, 1.165) is 12.0 Å². The van der Waals surface area contributed by atoms with Crippen molar-refractivity contribution < 1.29 is 0 Å². The molecule has 1 N–H and O–H groups in total. The number of aryl methyl sites for hydroxylation is 1. The lowest BCUT2D eigenvalue weighted by atomic mass is 10.00. The second kappa shape index (κ2) is 5.42. The molecule has 0 amide bonds. The highest BCUT2D eigenvalue weighted by Gasteiger charge is 2.13. The van der Waals surface area contributed by atoms with Gasteiger partial charge in [0.2, 0.25) is 0 Å². The van der Waals surface area contributed by atoms with Gasteiger partial charge in [-0.15, -0.1) is 0 Å². The van der Waals surface area contributed by atoms with Crippen molar-refractivity contribution >= 4 is 10.8 Å². The van der Waals surface area contributed by atoms with Gasteiger partial charge in [-0.2, -0.15) is 5.26 Å². The molecule has 2 aromatic carbocycles. The van der Waals surface area contributed by atoms with Crippen LogP contribution in [0.1, 0.15) is 30.4 Å².